The average Bonchev–Trinajstić information content (AvgIpc) is 3.15. The van der Waals surface area contributed by atoms with Crippen LogP contribution in [0.15, 0.2) is 47.8 Å². The molecule has 0 saturated carbocycles. The Labute approximate surface area is 172 Å². The summed E-state index contributed by atoms with van der Waals surface area (Å²) in [6.07, 6.45) is 0. The number of rotatable bonds is 3. The molecule has 2 amide bonds. The SMILES string of the molecule is CC(C)(C)c1ccc(C(=O)Nc2nc(-c3ccc4c(c3)NC(=O)CO4)cs2)cc1. The first-order chi connectivity index (χ1) is 13.8. The molecule has 0 atom stereocenters. The number of anilines is 2. The molecule has 6 nitrogen and oxygen atoms in total. The Morgan fingerprint density at radius 3 is 2.66 bits per heavy atom. The molecule has 0 unspecified atom stereocenters. The van der Waals surface area contributed by atoms with Crippen molar-refractivity contribution in [3.05, 3.63) is 59.0 Å². The molecule has 1 aliphatic heterocycles. The molecule has 148 valence electrons. The van der Waals surface area contributed by atoms with E-state index in [0.29, 0.717) is 22.1 Å². The van der Waals surface area contributed by atoms with E-state index in [0.717, 1.165) is 11.3 Å². The minimum Gasteiger partial charge on any atom is -0.482 e. The molecule has 2 aromatic carbocycles. The highest BCUT2D eigenvalue weighted by molar-refractivity contribution is 7.14. The van der Waals surface area contributed by atoms with Crippen LogP contribution < -0.4 is 15.4 Å². The van der Waals surface area contributed by atoms with Gasteiger partial charge in [0.25, 0.3) is 11.8 Å². The van der Waals surface area contributed by atoms with Gasteiger partial charge in [0.1, 0.15) is 5.75 Å². The summed E-state index contributed by atoms with van der Waals surface area (Å²) in [5, 5.41) is 8.02. The van der Waals surface area contributed by atoms with Crippen LogP contribution in [0.2, 0.25) is 0 Å². The first-order valence-corrected chi connectivity index (χ1v) is 10.1. The monoisotopic (exact) mass is 407 g/mol. The van der Waals surface area contributed by atoms with Crippen molar-refractivity contribution in [1.82, 2.24) is 4.98 Å². The molecule has 1 aromatic heterocycles. The van der Waals surface area contributed by atoms with Crippen molar-refractivity contribution in [2.24, 2.45) is 0 Å². The lowest BCUT2D eigenvalue weighted by Crippen LogP contribution is -2.25. The summed E-state index contributed by atoms with van der Waals surface area (Å²) in [5.41, 5.74) is 3.98. The van der Waals surface area contributed by atoms with Crippen molar-refractivity contribution in [1.29, 1.82) is 0 Å². The lowest BCUT2D eigenvalue weighted by Gasteiger charge is -2.18. The number of ether oxygens (including phenoxy) is 1. The topological polar surface area (TPSA) is 80.3 Å². The fourth-order valence-corrected chi connectivity index (χ4v) is 3.71. The fraction of sp³-hybridized carbons (Fsp3) is 0.227. The molecule has 4 rings (SSSR count). The number of carbonyl (C=O) groups excluding carboxylic acids is 2. The Morgan fingerprint density at radius 1 is 1.17 bits per heavy atom. The third-order valence-electron chi connectivity index (χ3n) is 4.65. The largest absolute Gasteiger partial charge is 0.482 e. The van der Waals surface area contributed by atoms with E-state index in [1.165, 1.54) is 16.9 Å². The van der Waals surface area contributed by atoms with E-state index in [9.17, 15) is 9.59 Å². The van der Waals surface area contributed by atoms with E-state index in [-0.39, 0.29) is 23.8 Å². The van der Waals surface area contributed by atoms with Gasteiger partial charge in [-0.15, -0.1) is 11.3 Å². The summed E-state index contributed by atoms with van der Waals surface area (Å²) in [6.45, 7) is 6.43. The number of hydrogen-bond acceptors (Lipinski definition) is 5. The van der Waals surface area contributed by atoms with Gasteiger partial charge in [-0.3, -0.25) is 14.9 Å². The smallest absolute Gasteiger partial charge is 0.262 e. The molecule has 0 radical (unpaired) electrons. The van der Waals surface area contributed by atoms with Crippen molar-refractivity contribution in [3.63, 3.8) is 0 Å². The van der Waals surface area contributed by atoms with Gasteiger partial charge in [-0.1, -0.05) is 32.9 Å². The van der Waals surface area contributed by atoms with Crippen LogP contribution in [-0.2, 0) is 10.2 Å². The van der Waals surface area contributed by atoms with Crippen LogP contribution in [0, 0.1) is 0 Å². The molecule has 0 aliphatic carbocycles. The second kappa shape index (κ2) is 7.33. The van der Waals surface area contributed by atoms with E-state index in [1.54, 1.807) is 6.07 Å². The molecule has 7 heteroatoms. The van der Waals surface area contributed by atoms with Crippen LogP contribution in [0.1, 0.15) is 36.7 Å². The maximum Gasteiger partial charge on any atom is 0.262 e. The Balaban J connectivity index is 1.49. The van der Waals surface area contributed by atoms with E-state index < -0.39 is 0 Å². The van der Waals surface area contributed by atoms with Crippen LogP contribution in [-0.4, -0.2) is 23.4 Å². The van der Waals surface area contributed by atoms with Crippen LogP contribution in [0.3, 0.4) is 0 Å². The molecule has 29 heavy (non-hydrogen) atoms. The third kappa shape index (κ3) is 4.14. The Kier molecular flexibility index (Phi) is 4.84. The Morgan fingerprint density at radius 2 is 1.93 bits per heavy atom. The Hall–Kier alpha value is -3.19. The van der Waals surface area contributed by atoms with Gasteiger partial charge in [-0.05, 0) is 41.3 Å². The Bertz CT molecular complexity index is 1080. The fourth-order valence-electron chi connectivity index (χ4n) is 3.00. The summed E-state index contributed by atoms with van der Waals surface area (Å²) >= 11 is 1.35. The van der Waals surface area contributed by atoms with Crippen LogP contribution in [0.25, 0.3) is 11.3 Å². The van der Waals surface area contributed by atoms with Crippen LogP contribution in [0.4, 0.5) is 10.8 Å². The molecule has 3 aromatic rings. The zero-order chi connectivity index (χ0) is 20.6. The van der Waals surface area contributed by atoms with Gasteiger partial charge in [0, 0.05) is 16.5 Å². The normalized spacial score (nSPS) is 13.3. The molecule has 1 aliphatic rings. The number of nitrogens with one attached hydrogen (secondary N) is 2. The van der Waals surface area contributed by atoms with E-state index in [4.69, 9.17) is 4.74 Å². The van der Waals surface area contributed by atoms with Gasteiger partial charge in [0.05, 0.1) is 11.4 Å². The van der Waals surface area contributed by atoms with Gasteiger partial charge < -0.3 is 10.1 Å². The molecule has 0 bridgehead atoms. The minimum atomic E-state index is -0.197. The van der Waals surface area contributed by atoms with Crippen molar-refractivity contribution in [2.45, 2.75) is 26.2 Å². The van der Waals surface area contributed by atoms with Gasteiger partial charge in [-0.2, -0.15) is 0 Å². The zero-order valence-electron chi connectivity index (χ0n) is 16.4. The first-order valence-electron chi connectivity index (χ1n) is 9.24. The lowest BCUT2D eigenvalue weighted by atomic mass is 9.87. The molecule has 2 heterocycles. The average molecular weight is 407 g/mol. The maximum absolute atomic E-state index is 12.5. The summed E-state index contributed by atoms with van der Waals surface area (Å²) < 4.78 is 5.38. The van der Waals surface area contributed by atoms with Gasteiger partial charge in [0.2, 0.25) is 0 Å². The summed E-state index contributed by atoms with van der Waals surface area (Å²) in [7, 11) is 0. The summed E-state index contributed by atoms with van der Waals surface area (Å²) in [5.74, 6) is 0.256. The number of nitrogens with zero attached hydrogens (tertiary/aromatic N) is 1. The molecule has 0 fully saturated rings. The lowest BCUT2D eigenvalue weighted by molar-refractivity contribution is -0.118. The second-order valence-electron chi connectivity index (χ2n) is 7.87. The molecular weight excluding hydrogens is 386 g/mol. The number of thiazole rings is 1. The van der Waals surface area contributed by atoms with Gasteiger partial charge >= 0.3 is 0 Å². The minimum absolute atomic E-state index is 0.0238. The van der Waals surface area contributed by atoms with Crippen LogP contribution >= 0.6 is 11.3 Å². The quantitative estimate of drug-likeness (QED) is 0.660. The molecule has 0 saturated heterocycles. The summed E-state index contributed by atoms with van der Waals surface area (Å²) in [6, 6.07) is 13.1. The predicted molar refractivity (Wildman–Crippen MR) is 115 cm³/mol. The van der Waals surface area contributed by atoms with Crippen molar-refractivity contribution in [3.8, 4) is 17.0 Å². The van der Waals surface area contributed by atoms with E-state index >= 15 is 0 Å². The number of hydrogen-bond donors (Lipinski definition) is 2. The maximum atomic E-state index is 12.5. The third-order valence-corrected chi connectivity index (χ3v) is 5.40. The standard InChI is InChI=1S/C22H21N3O3S/c1-22(2,3)15-7-4-13(5-8-15)20(27)25-21-24-17(12-29-21)14-6-9-18-16(10-14)23-19(26)11-28-18/h4-10,12H,11H2,1-3H3,(H,23,26)(H,24,25,27). The zero-order valence-corrected chi connectivity index (χ0v) is 17.2. The number of aromatic nitrogens is 1. The highest BCUT2D eigenvalue weighted by Crippen LogP contribution is 2.34. The molecular formula is C22H21N3O3S. The van der Waals surface area contributed by atoms with Crippen molar-refractivity contribution >= 4 is 34.0 Å². The van der Waals surface area contributed by atoms with E-state index in [2.05, 4.69) is 36.4 Å². The predicted octanol–water partition coefficient (Wildman–Crippen LogP) is 4.69. The van der Waals surface area contributed by atoms with Crippen molar-refractivity contribution in [2.75, 3.05) is 17.2 Å². The highest BCUT2D eigenvalue weighted by atomic mass is 32.1. The van der Waals surface area contributed by atoms with E-state index in [1.807, 2.05) is 41.8 Å². The van der Waals surface area contributed by atoms with Crippen LogP contribution in [0.5, 0.6) is 5.75 Å². The number of fused-ring (bicyclic) bond motifs is 1. The number of carbonyl (C=O) groups is 2. The number of benzene rings is 2. The van der Waals surface area contributed by atoms with Gasteiger partial charge in [0.15, 0.2) is 11.7 Å². The molecule has 2 N–H and O–H groups in total. The number of amides is 2. The second-order valence-corrected chi connectivity index (χ2v) is 8.73. The highest BCUT2D eigenvalue weighted by Gasteiger charge is 2.18. The molecule has 0 spiro atoms. The van der Waals surface area contributed by atoms with Crippen molar-refractivity contribution < 1.29 is 14.3 Å². The van der Waals surface area contributed by atoms with Gasteiger partial charge in [-0.25, -0.2) is 4.98 Å². The first kappa shape index (κ1) is 19.1. The summed E-state index contributed by atoms with van der Waals surface area (Å²) in [4.78, 5) is 28.6.